The number of nitrogens with zero attached hydrogens (tertiary/aromatic N) is 7. The van der Waals surface area contributed by atoms with Crippen molar-refractivity contribution >= 4 is 29.0 Å². The minimum absolute atomic E-state index is 0.0759. The van der Waals surface area contributed by atoms with Gasteiger partial charge in [0.05, 0.1) is 15.5 Å². The summed E-state index contributed by atoms with van der Waals surface area (Å²) in [5.74, 6) is 1.84. The van der Waals surface area contributed by atoms with Crippen molar-refractivity contribution in [3.8, 4) is 5.82 Å². The fourth-order valence-corrected chi connectivity index (χ4v) is 3.58. The lowest BCUT2D eigenvalue weighted by Gasteiger charge is -2.35. The fraction of sp³-hybridized carbons (Fsp3) is 0.263. The molecule has 1 aliphatic rings. The van der Waals surface area contributed by atoms with E-state index in [1.54, 1.807) is 15.8 Å². The molecule has 10 nitrogen and oxygen atoms in total. The van der Waals surface area contributed by atoms with E-state index in [1.165, 1.54) is 18.2 Å². The first-order chi connectivity index (χ1) is 14.4. The highest BCUT2D eigenvalue weighted by Crippen LogP contribution is 2.25. The van der Waals surface area contributed by atoms with Crippen LogP contribution in [-0.2, 0) is 0 Å². The highest BCUT2D eigenvalue weighted by molar-refractivity contribution is 6.34. The lowest BCUT2D eigenvalue weighted by Crippen LogP contribution is -2.49. The van der Waals surface area contributed by atoms with E-state index in [-0.39, 0.29) is 22.2 Å². The molecule has 154 valence electrons. The van der Waals surface area contributed by atoms with Crippen LogP contribution >= 0.6 is 11.6 Å². The highest BCUT2D eigenvalue weighted by Gasteiger charge is 2.25. The summed E-state index contributed by atoms with van der Waals surface area (Å²) >= 11 is 6.11. The molecule has 3 aromatic rings. The van der Waals surface area contributed by atoms with E-state index in [0.29, 0.717) is 37.8 Å². The zero-order valence-corrected chi connectivity index (χ0v) is 16.9. The normalized spacial score (nSPS) is 14.1. The minimum Gasteiger partial charge on any atom is -0.353 e. The van der Waals surface area contributed by atoms with Crippen molar-refractivity contribution in [3.63, 3.8) is 0 Å². The molecule has 0 spiro atoms. The number of carbonyl (C=O) groups is 1. The number of hydrogen-bond acceptors (Lipinski definition) is 7. The van der Waals surface area contributed by atoms with Crippen molar-refractivity contribution in [2.24, 2.45) is 0 Å². The number of nitro benzene ring substituents is 1. The molecular formula is C19H18ClN7O3. The zero-order chi connectivity index (χ0) is 21.3. The third-order valence-corrected chi connectivity index (χ3v) is 5.15. The van der Waals surface area contributed by atoms with Gasteiger partial charge in [0.1, 0.15) is 11.6 Å². The Balaban J connectivity index is 1.47. The summed E-state index contributed by atoms with van der Waals surface area (Å²) in [6.07, 6.45) is 3.50. The van der Waals surface area contributed by atoms with Gasteiger partial charge in [0.2, 0.25) is 0 Å². The van der Waals surface area contributed by atoms with Gasteiger partial charge in [-0.1, -0.05) is 11.6 Å². The first kappa shape index (κ1) is 19.8. The molecule has 0 atom stereocenters. The molecule has 30 heavy (non-hydrogen) atoms. The van der Waals surface area contributed by atoms with Crippen molar-refractivity contribution in [1.82, 2.24) is 24.6 Å². The van der Waals surface area contributed by atoms with E-state index in [1.807, 2.05) is 25.3 Å². The molecule has 0 bridgehead atoms. The molecule has 1 fully saturated rings. The molecule has 1 aliphatic heterocycles. The maximum absolute atomic E-state index is 12.8. The SMILES string of the molecule is Cc1nc(N2CCN(C(=O)c3ccc([N+](=O)[O-])cc3Cl)CC2)cc(-n2cccn2)n1. The largest absolute Gasteiger partial charge is 0.353 e. The molecule has 1 amide bonds. The predicted molar refractivity (Wildman–Crippen MR) is 110 cm³/mol. The molecule has 0 N–H and O–H groups in total. The Labute approximate surface area is 176 Å². The first-order valence-corrected chi connectivity index (χ1v) is 9.64. The third-order valence-electron chi connectivity index (χ3n) is 4.83. The summed E-state index contributed by atoms with van der Waals surface area (Å²) in [5.41, 5.74) is 0.114. The van der Waals surface area contributed by atoms with Crippen molar-refractivity contribution in [2.45, 2.75) is 6.92 Å². The van der Waals surface area contributed by atoms with Crippen LogP contribution < -0.4 is 4.90 Å². The smallest absolute Gasteiger partial charge is 0.270 e. The van der Waals surface area contributed by atoms with E-state index in [2.05, 4.69) is 20.0 Å². The van der Waals surface area contributed by atoms with Gasteiger partial charge in [0.25, 0.3) is 11.6 Å². The van der Waals surface area contributed by atoms with Crippen molar-refractivity contribution in [2.75, 3.05) is 31.1 Å². The van der Waals surface area contributed by atoms with Gasteiger partial charge in [-0.2, -0.15) is 5.10 Å². The number of non-ortho nitro benzene ring substituents is 1. The monoisotopic (exact) mass is 427 g/mol. The van der Waals surface area contributed by atoms with Crippen molar-refractivity contribution in [1.29, 1.82) is 0 Å². The molecule has 1 aromatic carbocycles. The molecule has 2 aromatic heterocycles. The van der Waals surface area contributed by atoms with E-state index in [4.69, 9.17) is 11.6 Å². The van der Waals surface area contributed by atoms with Crippen LogP contribution in [0.15, 0.2) is 42.7 Å². The summed E-state index contributed by atoms with van der Waals surface area (Å²) in [7, 11) is 0. The summed E-state index contributed by atoms with van der Waals surface area (Å²) in [6.45, 7) is 3.96. The Hall–Kier alpha value is -3.53. The van der Waals surface area contributed by atoms with Crippen molar-refractivity contribution < 1.29 is 9.72 Å². The second-order valence-electron chi connectivity index (χ2n) is 6.78. The molecule has 1 saturated heterocycles. The number of nitro groups is 1. The van der Waals surface area contributed by atoms with Gasteiger partial charge in [-0.05, 0) is 19.1 Å². The van der Waals surface area contributed by atoms with Gasteiger partial charge in [0, 0.05) is 56.8 Å². The Kier molecular flexibility index (Phi) is 5.32. The summed E-state index contributed by atoms with van der Waals surface area (Å²) in [4.78, 5) is 35.9. The van der Waals surface area contributed by atoms with Crippen LogP contribution in [0.1, 0.15) is 16.2 Å². The van der Waals surface area contributed by atoms with Crippen LogP contribution in [0.2, 0.25) is 5.02 Å². The van der Waals surface area contributed by atoms with Gasteiger partial charge in [0.15, 0.2) is 5.82 Å². The third kappa shape index (κ3) is 3.94. The van der Waals surface area contributed by atoms with Gasteiger partial charge in [-0.25, -0.2) is 14.6 Å². The number of aromatic nitrogens is 4. The molecule has 0 unspecified atom stereocenters. The van der Waals surface area contributed by atoms with E-state index in [9.17, 15) is 14.9 Å². The second-order valence-corrected chi connectivity index (χ2v) is 7.19. The Morgan fingerprint density at radius 3 is 2.50 bits per heavy atom. The van der Waals surface area contributed by atoms with Crippen LogP contribution in [0.4, 0.5) is 11.5 Å². The number of aryl methyl sites for hydroxylation is 1. The highest BCUT2D eigenvalue weighted by atomic mass is 35.5. The summed E-state index contributed by atoms with van der Waals surface area (Å²) in [6, 6.07) is 7.58. The average Bonchev–Trinajstić information content (AvgIpc) is 3.28. The Bertz CT molecular complexity index is 1100. The summed E-state index contributed by atoms with van der Waals surface area (Å²) in [5, 5.41) is 15.1. The van der Waals surface area contributed by atoms with Crippen molar-refractivity contribution in [3.05, 3.63) is 69.3 Å². The second kappa shape index (κ2) is 8.07. The molecule has 0 aliphatic carbocycles. The van der Waals surface area contributed by atoms with Crippen LogP contribution in [0, 0.1) is 17.0 Å². The van der Waals surface area contributed by atoms with E-state index >= 15 is 0 Å². The average molecular weight is 428 g/mol. The van der Waals surface area contributed by atoms with Crippen LogP contribution in [0.3, 0.4) is 0 Å². The van der Waals surface area contributed by atoms with Gasteiger partial charge >= 0.3 is 0 Å². The Morgan fingerprint density at radius 1 is 1.13 bits per heavy atom. The van der Waals surface area contributed by atoms with Crippen LogP contribution in [0.5, 0.6) is 0 Å². The fourth-order valence-electron chi connectivity index (χ4n) is 3.32. The molecule has 0 saturated carbocycles. The molecule has 11 heteroatoms. The quantitative estimate of drug-likeness (QED) is 0.464. The minimum atomic E-state index is -0.542. The molecule has 0 radical (unpaired) electrons. The lowest BCUT2D eigenvalue weighted by molar-refractivity contribution is -0.384. The Morgan fingerprint density at radius 2 is 1.87 bits per heavy atom. The number of hydrogen-bond donors (Lipinski definition) is 0. The van der Waals surface area contributed by atoms with E-state index < -0.39 is 4.92 Å². The van der Waals surface area contributed by atoms with Gasteiger partial charge < -0.3 is 9.80 Å². The van der Waals surface area contributed by atoms with Crippen LogP contribution in [-0.4, -0.2) is 61.7 Å². The first-order valence-electron chi connectivity index (χ1n) is 9.26. The number of benzene rings is 1. The lowest BCUT2D eigenvalue weighted by atomic mass is 10.1. The number of carbonyl (C=O) groups excluding carboxylic acids is 1. The zero-order valence-electron chi connectivity index (χ0n) is 16.1. The molecular weight excluding hydrogens is 410 g/mol. The molecule has 3 heterocycles. The van der Waals surface area contributed by atoms with Gasteiger partial charge in [-0.3, -0.25) is 14.9 Å². The van der Waals surface area contributed by atoms with Gasteiger partial charge in [-0.15, -0.1) is 0 Å². The number of anilines is 1. The maximum Gasteiger partial charge on any atom is 0.270 e. The number of halogens is 1. The maximum atomic E-state index is 12.8. The predicted octanol–water partition coefficient (Wildman–Crippen LogP) is 2.49. The van der Waals surface area contributed by atoms with Crippen LogP contribution in [0.25, 0.3) is 5.82 Å². The number of amides is 1. The standard InChI is InChI=1S/C19H18ClN7O3/c1-13-22-17(12-18(23-13)26-6-2-5-21-26)24-7-9-25(10-8-24)19(28)15-4-3-14(27(29)30)11-16(15)20/h2-6,11-12H,7-10H2,1H3. The van der Waals surface area contributed by atoms with E-state index in [0.717, 1.165) is 5.82 Å². The molecule has 4 rings (SSSR count). The number of piperazine rings is 1. The summed E-state index contributed by atoms with van der Waals surface area (Å²) < 4.78 is 1.68. The number of rotatable bonds is 4. The topological polar surface area (TPSA) is 110 Å².